The van der Waals surface area contributed by atoms with E-state index >= 15 is 0 Å². The quantitative estimate of drug-likeness (QED) is 0.663. The lowest BCUT2D eigenvalue weighted by molar-refractivity contribution is -0.143. The van der Waals surface area contributed by atoms with Crippen molar-refractivity contribution in [2.24, 2.45) is 11.8 Å². The number of nitrogens with one attached hydrogen (secondary N) is 2. The third-order valence-electron chi connectivity index (χ3n) is 2.95. The van der Waals surface area contributed by atoms with Crippen LogP contribution in [-0.2, 0) is 14.3 Å². The largest absolute Gasteiger partial charge is 0.480 e. The van der Waals surface area contributed by atoms with Crippen molar-refractivity contribution in [2.45, 2.75) is 72.6 Å². The van der Waals surface area contributed by atoms with Crippen molar-refractivity contribution in [3.63, 3.8) is 0 Å². The molecule has 0 aromatic rings. The molecule has 7 heteroatoms. The highest BCUT2D eigenvalue weighted by Crippen LogP contribution is 2.10. The molecule has 134 valence electrons. The van der Waals surface area contributed by atoms with Crippen molar-refractivity contribution in [2.75, 3.05) is 0 Å². The summed E-state index contributed by atoms with van der Waals surface area (Å²) in [5, 5.41) is 14.2. The average molecular weight is 330 g/mol. The number of alkyl carbamates (subject to hydrolysis) is 1. The van der Waals surface area contributed by atoms with Crippen molar-refractivity contribution >= 4 is 18.0 Å². The molecule has 23 heavy (non-hydrogen) atoms. The Balaban J connectivity index is 4.98. The van der Waals surface area contributed by atoms with Crippen molar-refractivity contribution in [1.29, 1.82) is 0 Å². The van der Waals surface area contributed by atoms with Gasteiger partial charge < -0.3 is 20.5 Å². The van der Waals surface area contributed by atoms with Crippen LogP contribution >= 0.6 is 0 Å². The van der Waals surface area contributed by atoms with Gasteiger partial charge in [-0.25, -0.2) is 9.59 Å². The van der Waals surface area contributed by atoms with Crippen LogP contribution in [0.2, 0.25) is 0 Å². The number of aliphatic carboxylic acids is 1. The second-order valence-electron chi connectivity index (χ2n) is 7.40. The van der Waals surface area contributed by atoms with Gasteiger partial charge in [0.05, 0.1) is 0 Å². The Morgan fingerprint density at radius 2 is 1.57 bits per heavy atom. The molecule has 0 spiro atoms. The number of carbonyl (C=O) groups excluding carboxylic acids is 2. The number of hydrogen-bond donors (Lipinski definition) is 3. The first-order valence-corrected chi connectivity index (χ1v) is 7.86. The minimum atomic E-state index is -1.10. The van der Waals surface area contributed by atoms with Crippen LogP contribution in [0.1, 0.15) is 54.9 Å². The van der Waals surface area contributed by atoms with Crippen LogP contribution in [0.15, 0.2) is 0 Å². The van der Waals surface area contributed by atoms with Crippen LogP contribution in [0.25, 0.3) is 0 Å². The molecule has 0 radical (unpaired) electrons. The van der Waals surface area contributed by atoms with Crippen molar-refractivity contribution < 1.29 is 24.2 Å². The first kappa shape index (κ1) is 21.2. The molecular weight excluding hydrogens is 300 g/mol. The maximum atomic E-state index is 12.4. The maximum Gasteiger partial charge on any atom is 0.408 e. The van der Waals surface area contributed by atoms with E-state index in [0.29, 0.717) is 6.42 Å². The zero-order valence-corrected chi connectivity index (χ0v) is 15.1. The molecular formula is C16H30N2O5. The van der Waals surface area contributed by atoms with E-state index in [1.54, 1.807) is 34.6 Å². The Hall–Kier alpha value is -1.79. The molecule has 0 unspecified atom stereocenters. The lowest BCUT2D eigenvalue weighted by Crippen LogP contribution is -2.54. The van der Waals surface area contributed by atoms with Gasteiger partial charge in [-0.3, -0.25) is 4.79 Å². The summed E-state index contributed by atoms with van der Waals surface area (Å²) in [6.07, 6.45) is -0.315. The summed E-state index contributed by atoms with van der Waals surface area (Å²) in [5.41, 5.74) is -0.676. The monoisotopic (exact) mass is 330 g/mol. The summed E-state index contributed by atoms with van der Waals surface area (Å²) >= 11 is 0. The Kier molecular flexibility index (Phi) is 8.06. The van der Waals surface area contributed by atoms with Gasteiger partial charge in [-0.2, -0.15) is 0 Å². The first-order valence-electron chi connectivity index (χ1n) is 7.86. The molecule has 0 aromatic carbocycles. The second-order valence-corrected chi connectivity index (χ2v) is 7.40. The van der Waals surface area contributed by atoms with Crippen molar-refractivity contribution in [3.05, 3.63) is 0 Å². The van der Waals surface area contributed by atoms with E-state index in [2.05, 4.69) is 10.6 Å². The molecule has 0 saturated heterocycles. The number of rotatable bonds is 7. The fourth-order valence-electron chi connectivity index (χ4n) is 1.92. The zero-order valence-electron chi connectivity index (χ0n) is 15.1. The average Bonchev–Trinajstić information content (AvgIpc) is 2.30. The highest BCUT2D eigenvalue weighted by atomic mass is 16.6. The summed E-state index contributed by atoms with van der Waals surface area (Å²) in [6.45, 7) is 12.4. The number of ether oxygens (including phenoxy) is 1. The molecule has 2 atom stereocenters. The Labute approximate surface area is 138 Å². The normalized spacial score (nSPS) is 14.3. The van der Waals surface area contributed by atoms with E-state index in [-0.39, 0.29) is 11.8 Å². The maximum absolute atomic E-state index is 12.4. The molecule has 2 amide bonds. The van der Waals surface area contributed by atoms with Crippen LogP contribution in [0.3, 0.4) is 0 Å². The molecule has 0 aliphatic carbocycles. The lowest BCUT2D eigenvalue weighted by atomic mass is 10.0. The zero-order chi connectivity index (χ0) is 18.4. The molecule has 0 aliphatic heterocycles. The minimum Gasteiger partial charge on any atom is -0.480 e. The highest BCUT2D eigenvalue weighted by molar-refractivity contribution is 5.89. The van der Waals surface area contributed by atoms with E-state index in [9.17, 15) is 14.4 Å². The van der Waals surface area contributed by atoms with Gasteiger partial charge in [0.2, 0.25) is 5.91 Å². The Morgan fingerprint density at radius 3 is 1.91 bits per heavy atom. The van der Waals surface area contributed by atoms with Gasteiger partial charge in [-0.1, -0.05) is 27.7 Å². The van der Waals surface area contributed by atoms with Crippen molar-refractivity contribution in [1.82, 2.24) is 10.6 Å². The molecule has 0 heterocycles. The predicted octanol–water partition coefficient (Wildman–Crippen LogP) is 2.15. The molecule has 0 fully saturated rings. The fraction of sp³-hybridized carbons (Fsp3) is 0.812. The molecule has 0 aliphatic rings. The van der Waals surface area contributed by atoms with E-state index in [1.165, 1.54) is 0 Å². The third-order valence-corrected chi connectivity index (χ3v) is 2.95. The van der Waals surface area contributed by atoms with Crippen LogP contribution in [0.5, 0.6) is 0 Å². The number of carboxylic acid groups (broad SMARTS) is 1. The van der Waals surface area contributed by atoms with Gasteiger partial charge in [-0.15, -0.1) is 0 Å². The van der Waals surface area contributed by atoms with E-state index in [0.717, 1.165) is 0 Å². The summed E-state index contributed by atoms with van der Waals surface area (Å²) in [4.78, 5) is 35.4. The second kappa shape index (κ2) is 8.74. The summed E-state index contributed by atoms with van der Waals surface area (Å²) in [7, 11) is 0. The number of amides is 2. The number of hydrogen-bond acceptors (Lipinski definition) is 4. The molecule has 0 bridgehead atoms. The molecule has 3 N–H and O–H groups in total. The standard InChI is InChI=1S/C16H30N2O5/c1-9(2)8-11(17-15(22)23-16(5,6)7)13(19)18-12(10(3)4)14(20)21/h9-12H,8H2,1-7H3,(H,17,22)(H,18,19)(H,20,21)/t11-,12+/m0/s1. The molecule has 0 rings (SSSR count). The van der Waals surface area contributed by atoms with Gasteiger partial charge in [-0.05, 0) is 39.0 Å². The molecule has 0 aromatic heterocycles. The lowest BCUT2D eigenvalue weighted by Gasteiger charge is -2.26. The first-order chi connectivity index (χ1) is 10.3. The van der Waals surface area contributed by atoms with Gasteiger partial charge in [0.1, 0.15) is 17.7 Å². The van der Waals surface area contributed by atoms with Crippen LogP contribution < -0.4 is 10.6 Å². The molecule has 7 nitrogen and oxygen atoms in total. The Morgan fingerprint density at radius 1 is 1.04 bits per heavy atom. The smallest absolute Gasteiger partial charge is 0.408 e. The topological polar surface area (TPSA) is 105 Å². The fourth-order valence-corrected chi connectivity index (χ4v) is 1.92. The summed E-state index contributed by atoms with van der Waals surface area (Å²) < 4.78 is 5.15. The summed E-state index contributed by atoms with van der Waals surface area (Å²) in [6, 6.07) is -1.84. The van der Waals surface area contributed by atoms with E-state index < -0.39 is 35.7 Å². The third kappa shape index (κ3) is 9.05. The number of carboxylic acids is 1. The van der Waals surface area contributed by atoms with Crippen molar-refractivity contribution in [3.8, 4) is 0 Å². The van der Waals surface area contributed by atoms with Gasteiger partial charge in [0.15, 0.2) is 0 Å². The predicted molar refractivity (Wildman–Crippen MR) is 87.0 cm³/mol. The van der Waals surface area contributed by atoms with E-state index in [1.807, 2.05) is 13.8 Å². The molecule has 0 saturated carbocycles. The SMILES string of the molecule is CC(C)C[C@H](NC(=O)OC(C)(C)C)C(=O)N[C@@H](C(=O)O)C(C)C. The van der Waals surface area contributed by atoms with Gasteiger partial charge in [0.25, 0.3) is 0 Å². The van der Waals surface area contributed by atoms with Crippen LogP contribution in [-0.4, -0.2) is 40.8 Å². The van der Waals surface area contributed by atoms with Crippen LogP contribution in [0.4, 0.5) is 4.79 Å². The van der Waals surface area contributed by atoms with E-state index in [4.69, 9.17) is 9.84 Å². The van der Waals surface area contributed by atoms with Gasteiger partial charge in [0, 0.05) is 0 Å². The summed E-state index contributed by atoms with van der Waals surface area (Å²) in [5.74, 6) is -1.75. The highest BCUT2D eigenvalue weighted by Gasteiger charge is 2.30. The Bertz CT molecular complexity index is 427. The van der Waals surface area contributed by atoms with Gasteiger partial charge >= 0.3 is 12.1 Å². The minimum absolute atomic E-state index is 0.142. The van der Waals surface area contributed by atoms with Crippen LogP contribution in [0, 0.1) is 11.8 Å². The number of carbonyl (C=O) groups is 3.